The van der Waals surface area contributed by atoms with Crippen LogP contribution in [0.2, 0.25) is 5.02 Å². The summed E-state index contributed by atoms with van der Waals surface area (Å²) in [5, 5.41) is 0.459. The van der Waals surface area contributed by atoms with Crippen LogP contribution in [0.5, 0.6) is 5.75 Å². The van der Waals surface area contributed by atoms with Crippen molar-refractivity contribution in [2.75, 3.05) is 46.3 Å². The summed E-state index contributed by atoms with van der Waals surface area (Å²) in [6.45, 7) is 1.33. The van der Waals surface area contributed by atoms with Crippen molar-refractivity contribution in [3.8, 4) is 5.75 Å². The predicted octanol–water partition coefficient (Wildman–Crippen LogP) is 4.53. The normalized spacial score (nSPS) is 18.8. The number of fused-ring (bicyclic) bond motifs is 1. The van der Waals surface area contributed by atoms with Crippen molar-refractivity contribution in [1.82, 2.24) is 4.90 Å². The summed E-state index contributed by atoms with van der Waals surface area (Å²) in [5.41, 5.74) is 1.88. The van der Waals surface area contributed by atoms with Crippen LogP contribution in [0, 0.1) is 0 Å². The number of hydrogen-bond donors (Lipinski definition) is 0. The van der Waals surface area contributed by atoms with E-state index in [2.05, 4.69) is 4.90 Å². The quantitative estimate of drug-likeness (QED) is 0.638. The molecule has 1 aliphatic rings. The third-order valence-electron chi connectivity index (χ3n) is 4.72. The van der Waals surface area contributed by atoms with Crippen LogP contribution >= 0.6 is 35.8 Å². The van der Waals surface area contributed by atoms with E-state index in [1.54, 1.807) is 26.0 Å². The minimum atomic E-state index is -0.605. The first kappa shape index (κ1) is 23.8. The summed E-state index contributed by atoms with van der Waals surface area (Å²) in [4.78, 5) is 18.3. The monoisotopic (exact) mass is 456 g/mol. The fourth-order valence-electron chi connectivity index (χ4n) is 3.20. The lowest BCUT2D eigenvalue weighted by Crippen LogP contribution is -2.44. The molecular weight excluding hydrogens is 431 g/mol. The van der Waals surface area contributed by atoms with Gasteiger partial charge in [0.25, 0.3) is 5.91 Å². The third kappa shape index (κ3) is 5.38. The molecule has 0 saturated heterocycles. The number of carbonyl (C=O) groups is 1. The Morgan fingerprint density at radius 2 is 1.83 bits per heavy atom. The maximum atomic E-state index is 13.5. The number of nitrogens with zero attached hydrogens (tertiary/aromatic N) is 2. The molecule has 3 rings (SSSR count). The Morgan fingerprint density at radius 1 is 1.14 bits per heavy atom. The van der Waals surface area contributed by atoms with E-state index in [0.717, 1.165) is 28.4 Å². The molecule has 0 fully saturated rings. The van der Waals surface area contributed by atoms with Crippen LogP contribution in [-0.2, 0) is 9.53 Å². The highest BCUT2D eigenvalue weighted by atomic mass is 35.5. The van der Waals surface area contributed by atoms with Gasteiger partial charge in [0.1, 0.15) is 5.75 Å². The molecular formula is C21H26Cl2N2O3S. The van der Waals surface area contributed by atoms with E-state index in [1.807, 2.05) is 61.5 Å². The Bertz CT molecular complexity index is 833. The fourth-order valence-corrected chi connectivity index (χ4v) is 4.85. The lowest BCUT2D eigenvalue weighted by Gasteiger charge is -2.28. The van der Waals surface area contributed by atoms with Crippen molar-refractivity contribution >= 4 is 47.4 Å². The molecule has 8 heteroatoms. The van der Waals surface area contributed by atoms with Gasteiger partial charge in [-0.05, 0) is 50.0 Å². The zero-order chi connectivity index (χ0) is 20.3. The van der Waals surface area contributed by atoms with Gasteiger partial charge in [-0.3, -0.25) is 4.79 Å². The second-order valence-electron chi connectivity index (χ2n) is 6.87. The van der Waals surface area contributed by atoms with E-state index < -0.39 is 6.10 Å². The first-order valence-corrected chi connectivity index (χ1v) is 10.3. The maximum Gasteiger partial charge on any atom is 0.257 e. The van der Waals surface area contributed by atoms with Crippen molar-refractivity contribution < 1.29 is 14.3 Å². The molecule has 2 atom stereocenters. The van der Waals surface area contributed by atoms with Crippen molar-refractivity contribution in [3.05, 3.63) is 53.1 Å². The number of hydrogen-bond acceptors (Lipinski definition) is 5. The minimum absolute atomic E-state index is 0. The van der Waals surface area contributed by atoms with Gasteiger partial charge in [-0.25, -0.2) is 0 Å². The van der Waals surface area contributed by atoms with Gasteiger partial charge >= 0.3 is 0 Å². The number of likely N-dealkylation sites (N-methyl/N-ethyl adjacent to an activating group) is 1. The molecule has 158 valence electrons. The number of amides is 1. The van der Waals surface area contributed by atoms with E-state index in [1.165, 1.54) is 0 Å². The number of thioether (sulfide) groups is 1. The van der Waals surface area contributed by atoms with Crippen LogP contribution in [-0.4, -0.2) is 58.3 Å². The zero-order valence-electron chi connectivity index (χ0n) is 16.9. The molecule has 2 aromatic rings. The van der Waals surface area contributed by atoms with Crippen molar-refractivity contribution in [2.24, 2.45) is 0 Å². The van der Waals surface area contributed by atoms with Crippen LogP contribution in [0.15, 0.2) is 47.4 Å². The summed E-state index contributed by atoms with van der Waals surface area (Å²) in [5.74, 6) is 0.734. The number of carbonyl (C=O) groups excluding carboxylic acids is 1. The molecule has 0 aliphatic carbocycles. The van der Waals surface area contributed by atoms with E-state index >= 15 is 0 Å². The van der Waals surface area contributed by atoms with Crippen LogP contribution < -0.4 is 9.64 Å². The Kier molecular flexibility index (Phi) is 8.67. The van der Waals surface area contributed by atoms with Crippen LogP contribution in [0.25, 0.3) is 0 Å². The number of benzene rings is 2. The Labute approximate surface area is 187 Å². The molecule has 0 radical (unpaired) electrons. The highest BCUT2D eigenvalue weighted by Gasteiger charge is 2.38. The molecule has 2 aromatic carbocycles. The summed E-state index contributed by atoms with van der Waals surface area (Å²) < 4.78 is 11.0. The largest absolute Gasteiger partial charge is 0.497 e. The lowest BCUT2D eigenvalue weighted by atomic mass is 10.1. The van der Waals surface area contributed by atoms with Crippen molar-refractivity contribution in [3.63, 3.8) is 0 Å². The molecule has 0 aromatic heterocycles. The zero-order valence-corrected chi connectivity index (χ0v) is 19.3. The summed E-state index contributed by atoms with van der Waals surface area (Å²) in [6, 6.07) is 13.4. The van der Waals surface area contributed by atoms with Gasteiger partial charge in [0.2, 0.25) is 0 Å². The van der Waals surface area contributed by atoms with Gasteiger partial charge in [0.15, 0.2) is 6.10 Å². The van der Waals surface area contributed by atoms with Gasteiger partial charge in [-0.15, -0.1) is 24.2 Å². The topological polar surface area (TPSA) is 42.0 Å². The van der Waals surface area contributed by atoms with Crippen molar-refractivity contribution in [1.29, 1.82) is 0 Å². The Balaban J connectivity index is 0.00000300. The first-order chi connectivity index (χ1) is 13.4. The molecule has 0 N–H and O–H groups in total. The average Bonchev–Trinajstić information content (AvgIpc) is 2.80. The van der Waals surface area contributed by atoms with Gasteiger partial charge in [0, 0.05) is 30.1 Å². The van der Waals surface area contributed by atoms with Gasteiger partial charge < -0.3 is 19.3 Å². The smallest absolute Gasteiger partial charge is 0.257 e. The number of rotatable bonds is 6. The third-order valence-corrected chi connectivity index (χ3v) is 6.31. The highest BCUT2D eigenvalue weighted by Crippen LogP contribution is 2.47. The fraction of sp³-hybridized carbons (Fsp3) is 0.381. The summed E-state index contributed by atoms with van der Waals surface area (Å²) in [7, 11) is 7.21. The lowest BCUT2D eigenvalue weighted by molar-refractivity contribution is -0.128. The van der Waals surface area contributed by atoms with Crippen LogP contribution in [0.4, 0.5) is 5.69 Å². The van der Waals surface area contributed by atoms with Gasteiger partial charge in [-0.1, -0.05) is 23.7 Å². The molecule has 0 unspecified atom stereocenters. The SMILES string of the molecule is COc1ccc([C@@H]2Sc3cc(Cl)ccc3N(CCN(C)C)C(=O)[C@@H]2OC)cc1.Cl. The molecule has 1 heterocycles. The standard InChI is InChI=1S/C21H25ClN2O3S.ClH/c1-23(2)11-12-24-17-10-7-15(22)13-18(17)28-20(19(27-4)21(24)25)14-5-8-16(26-3)9-6-14;/h5-10,13,19-20H,11-12H2,1-4H3;1H/t19-,20+;/m1./s1. The molecule has 0 spiro atoms. The van der Waals surface area contributed by atoms with E-state index in [0.29, 0.717) is 11.6 Å². The molecule has 0 saturated carbocycles. The predicted molar refractivity (Wildman–Crippen MR) is 122 cm³/mol. The number of methoxy groups -OCH3 is 2. The van der Waals surface area contributed by atoms with Crippen LogP contribution in [0.3, 0.4) is 0 Å². The molecule has 29 heavy (non-hydrogen) atoms. The second kappa shape index (κ2) is 10.5. The molecule has 1 amide bonds. The molecule has 5 nitrogen and oxygen atoms in total. The van der Waals surface area contributed by atoms with E-state index in [4.69, 9.17) is 21.1 Å². The maximum absolute atomic E-state index is 13.5. The number of anilines is 1. The van der Waals surface area contributed by atoms with E-state index in [9.17, 15) is 4.79 Å². The average molecular weight is 457 g/mol. The van der Waals surface area contributed by atoms with E-state index in [-0.39, 0.29) is 23.6 Å². The molecule has 1 aliphatic heterocycles. The minimum Gasteiger partial charge on any atom is -0.497 e. The number of halogens is 2. The van der Waals surface area contributed by atoms with Gasteiger partial charge in [0.05, 0.1) is 18.0 Å². The van der Waals surface area contributed by atoms with Gasteiger partial charge in [-0.2, -0.15) is 0 Å². The Morgan fingerprint density at radius 3 is 2.41 bits per heavy atom. The second-order valence-corrected chi connectivity index (χ2v) is 8.49. The molecule has 0 bridgehead atoms. The first-order valence-electron chi connectivity index (χ1n) is 9.03. The number of ether oxygens (including phenoxy) is 2. The van der Waals surface area contributed by atoms with Crippen molar-refractivity contribution in [2.45, 2.75) is 16.2 Å². The highest BCUT2D eigenvalue weighted by molar-refractivity contribution is 7.99. The summed E-state index contributed by atoms with van der Waals surface area (Å²) >= 11 is 7.88. The summed E-state index contributed by atoms with van der Waals surface area (Å²) in [6.07, 6.45) is -0.605. The van der Waals surface area contributed by atoms with Crippen LogP contribution in [0.1, 0.15) is 10.8 Å². The Hall–Kier alpha value is -1.44.